The number of carbonyl (C=O) groups is 1. The Labute approximate surface area is 187 Å². The number of aryl methyl sites for hydroxylation is 3. The normalized spacial score (nSPS) is 20.9. The van der Waals surface area contributed by atoms with E-state index in [1.165, 1.54) is 7.05 Å². The van der Waals surface area contributed by atoms with Gasteiger partial charge in [-0.1, -0.05) is 24.3 Å². The number of nitrogens with one attached hydrogen (secondary N) is 2. The highest BCUT2D eigenvalue weighted by Gasteiger charge is 2.41. The van der Waals surface area contributed by atoms with Gasteiger partial charge in [-0.2, -0.15) is 27.6 Å². The van der Waals surface area contributed by atoms with Gasteiger partial charge in [0.1, 0.15) is 6.04 Å². The van der Waals surface area contributed by atoms with Crippen molar-refractivity contribution in [2.45, 2.75) is 38.9 Å². The van der Waals surface area contributed by atoms with E-state index in [0.29, 0.717) is 12.4 Å². The van der Waals surface area contributed by atoms with E-state index in [1.54, 1.807) is 34.9 Å². The summed E-state index contributed by atoms with van der Waals surface area (Å²) in [5, 5.41) is 11.5. The Morgan fingerprint density at radius 1 is 1.19 bits per heavy atom. The Morgan fingerprint density at radius 2 is 1.94 bits per heavy atom. The highest BCUT2D eigenvalue weighted by atomic mass is 32.2. The lowest BCUT2D eigenvalue weighted by molar-refractivity contribution is -0.120. The van der Waals surface area contributed by atoms with Gasteiger partial charge >= 0.3 is 0 Å². The number of amides is 1. The molecule has 0 saturated carbocycles. The number of carbonyl (C=O) groups excluding carboxylic acids is 1. The van der Waals surface area contributed by atoms with Gasteiger partial charge in [0, 0.05) is 38.1 Å². The van der Waals surface area contributed by atoms with Crippen LogP contribution in [0.2, 0.25) is 0 Å². The van der Waals surface area contributed by atoms with E-state index in [4.69, 9.17) is 0 Å². The first-order valence-electron chi connectivity index (χ1n) is 10.3. The van der Waals surface area contributed by atoms with Crippen LogP contribution in [0.4, 0.5) is 5.82 Å². The van der Waals surface area contributed by atoms with Crippen molar-refractivity contribution in [1.29, 1.82) is 0 Å². The summed E-state index contributed by atoms with van der Waals surface area (Å²) >= 11 is 0. The van der Waals surface area contributed by atoms with Gasteiger partial charge in [0.25, 0.3) is 10.2 Å². The molecule has 0 radical (unpaired) electrons. The molecule has 1 aliphatic heterocycles. The third-order valence-corrected chi connectivity index (χ3v) is 7.38. The molecule has 0 aliphatic carbocycles. The maximum Gasteiger partial charge on any atom is 0.280 e. The van der Waals surface area contributed by atoms with E-state index in [9.17, 15) is 13.2 Å². The summed E-state index contributed by atoms with van der Waals surface area (Å²) in [7, 11) is -0.659. The minimum atomic E-state index is -3.83. The highest BCUT2D eigenvalue weighted by molar-refractivity contribution is 7.87. The minimum absolute atomic E-state index is 0.276. The number of hydrogen-bond acceptors (Lipinski definition) is 5. The molecule has 0 unspecified atom stereocenters. The molecule has 3 heterocycles. The lowest BCUT2D eigenvalue weighted by Gasteiger charge is -2.35. The Morgan fingerprint density at radius 3 is 2.62 bits per heavy atom. The van der Waals surface area contributed by atoms with E-state index in [-0.39, 0.29) is 6.42 Å². The van der Waals surface area contributed by atoms with Gasteiger partial charge in [-0.05, 0) is 31.4 Å². The van der Waals surface area contributed by atoms with Crippen LogP contribution in [0, 0.1) is 13.8 Å². The zero-order valence-electron chi connectivity index (χ0n) is 18.5. The molecule has 1 amide bonds. The van der Waals surface area contributed by atoms with E-state index in [1.807, 2.05) is 38.1 Å². The fourth-order valence-corrected chi connectivity index (χ4v) is 5.23. The first kappa shape index (κ1) is 22.2. The lowest BCUT2D eigenvalue weighted by Crippen LogP contribution is -2.56. The Hall–Kier alpha value is -3.02. The average molecular weight is 458 g/mol. The first-order chi connectivity index (χ1) is 15.1. The molecule has 2 N–H and O–H groups in total. The van der Waals surface area contributed by atoms with Crippen LogP contribution < -0.4 is 10.0 Å². The van der Waals surface area contributed by atoms with Crippen LogP contribution in [0.5, 0.6) is 0 Å². The molecule has 1 saturated heterocycles. The maximum absolute atomic E-state index is 13.0. The standard InChI is InChI=1S/C21H27N7O3S/c1-14-7-5-6-8-16(14)12-28-10-9-20(24-28)22-21(29)19-11-18(25-32(30,31)27(19)4)17-13-26(3)23-15(17)2/h5-10,13,18-19,25H,11-12H2,1-4H3,(H,22,24,29)/t18-,19-/m0/s1. The molecule has 170 valence electrons. The van der Waals surface area contributed by atoms with Gasteiger partial charge in [-0.3, -0.25) is 14.2 Å². The molecule has 2 aromatic heterocycles. The third-order valence-electron chi connectivity index (χ3n) is 5.78. The van der Waals surface area contributed by atoms with Crippen LogP contribution in [0.15, 0.2) is 42.7 Å². The predicted octanol–water partition coefficient (Wildman–Crippen LogP) is 1.50. The van der Waals surface area contributed by atoms with Crippen molar-refractivity contribution in [3.63, 3.8) is 0 Å². The van der Waals surface area contributed by atoms with Crippen LogP contribution in [-0.2, 0) is 28.6 Å². The predicted molar refractivity (Wildman–Crippen MR) is 120 cm³/mol. The van der Waals surface area contributed by atoms with Crippen LogP contribution in [0.3, 0.4) is 0 Å². The van der Waals surface area contributed by atoms with Gasteiger partial charge in [-0.25, -0.2) is 0 Å². The van der Waals surface area contributed by atoms with Gasteiger partial charge in [-0.15, -0.1) is 0 Å². The molecule has 0 spiro atoms. The van der Waals surface area contributed by atoms with Crippen molar-refractivity contribution in [2.75, 3.05) is 12.4 Å². The van der Waals surface area contributed by atoms with Crippen molar-refractivity contribution >= 4 is 21.9 Å². The summed E-state index contributed by atoms with van der Waals surface area (Å²) < 4.78 is 32.4. The Balaban J connectivity index is 1.50. The molecule has 11 heteroatoms. The van der Waals surface area contributed by atoms with Crippen LogP contribution >= 0.6 is 0 Å². The van der Waals surface area contributed by atoms with Gasteiger partial charge < -0.3 is 5.32 Å². The number of rotatable bonds is 5. The molecule has 1 aromatic carbocycles. The second kappa shape index (κ2) is 8.49. The second-order valence-corrected chi connectivity index (χ2v) is 9.86. The van der Waals surface area contributed by atoms with E-state index in [2.05, 4.69) is 20.2 Å². The van der Waals surface area contributed by atoms with Gasteiger partial charge in [0.2, 0.25) is 5.91 Å². The SMILES string of the molecule is Cc1ccccc1Cn1ccc(NC(=O)[C@@H]2C[C@@H](c3cn(C)nc3C)NS(=O)(=O)N2C)n1. The second-order valence-electron chi connectivity index (χ2n) is 8.10. The minimum Gasteiger partial charge on any atom is -0.308 e. The molecule has 0 bridgehead atoms. The largest absolute Gasteiger partial charge is 0.308 e. The van der Waals surface area contributed by atoms with Crippen LogP contribution in [-0.4, -0.2) is 51.3 Å². The molecule has 2 atom stereocenters. The molecular formula is C21H27N7O3S. The average Bonchev–Trinajstić information content (AvgIpc) is 3.30. The van der Waals surface area contributed by atoms with Crippen molar-refractivity contribution in [3.05, 3.63) is 65.1 Å². The van der Waals surface area contributed by atoms with Crippen molar-refractivity contribution < 1.29 is 13.2 Å². The molecule has 32 heavy (non-hydrogen) atoms. The Bertz CT molecular complexity index is 1250. The van der Waals surface area contributed by atoms with Gasteiger partial charge in [0.15, 0.2) is 5.82 Å². The summed E-state index contributed by atoms with van der Waals surface area (Å²) in [4.78, 5) is 13.0. The summed E-state index contributed by atoms with van der Waals surface area (Å²) in [5.74, 6) is -0.0488. The maximum atomic E-state index is 13.0. The molecule has 10 nitrogen and oxygen atoms in total. The Kier molecular flexibility index (Phi) is 5.89. The topological polar surface area (TPSA) is 114 Å². The summed E-state index contributed by atoms with van der Waals surface area (Å²) in [6.07, 6.45) is 3.83. The molecule has 4 rings (SSSR count). The van der Waals surface area contributed by atoms with Crippen molar-refractivity contribution in [2.24, 2.45) is 7.05 Å². The molecular weight excluding hydrogens is 430 g/mol. The van der Waals surface area contributed by atoms with Crippen molar-refractivity contribution in [3.8, 4) is 0 Å². The zero-order chi connectivity index (χ0) is 23.0. The van der Waals surface area contributed by atoms with Crippen LogP contribution in [0.25, 0.3) is 0 Å². The van der Waals surface area contributed by atoms with E-state index < -0.39 is 28.2 Å². The van der Waals surface area contributed by atoms with Crippen molar-refractivity contribution in [1.82, 2.24) is 28.6 Å². The lowest BCUT2D eigenvalue weighted by atomic mass is 10.00. The summed E-state index contributed by atoms with van der Waals surface area (Å²) in [6.45, 7) is 4.43. The quantitative estimate of drug-likeness (QED) is 0.603. The number of aromatic nitrogens is 4. The zero-order valence-corrected chi connectivity index (χ0v) is 19.3. The highest BCUT2D eigenvalue weighted by Crippen LogP contribution is 2.29. The number of hydrogen-bond donors (Lipinski definition) is 2. The number of benzene rings is 1. The molecule has 3 aromatic rings. The number of likely N-dealkylation sites (N-methyl/N-ethyl adjacent to an activating group) is 1. The van der Waals surface area contributed by atoms with Crippen LogP contribution in [0.1, 0.15) is 34.8 Å². The fourth-order valence-electron chi connectivity index (χ4n) is 3.96. The summed E-state index contributed by atoms with van der Waals surface area (Å²) in [5.41, 5.74) is 3.77. The first-order valence-corrected chi connectivity index (χ1v) is 11.7. The molecule has 1 fully saturated rings. The monoisotopic (exact) mass is 457 g/mol. The fraction of sp³-hybridized carbons (Fsp3) is 0.381. The number of anilines is 1. The summed E-state index contributed by atoms with van der Waals surface area (Å²) in [6, 6.07) is 8.31. The van der Waals surface area contributed by atoms with Gasteiger partial charge in [0.05, 0.1) is 18.3 Å². The smallest absolute Gasteiger partial charge is 0.280 e. The van der Waals surface area contributed by atoms with E-state index in [0.717, 1.165) is 26.7 Å². The van der Waals surface area contributed by atoms with E-state index >= 15 is 0 Å². The molecule has 1 aliphatic rings. The number of nitrogens with zero attached hydrogens (tertiary/aromatic N) is 5. The third kappa shape index (κ3) is 4.45.